The van der Waals surface area contributed by atoms with Crippen molar-refractivity contribution < 1.29 is 14.4 Å². The molecule has 3 atom stereocenters. The van der Waals surface area contributed by atoms with Crippen molar-refractivity contribution in [2.75, 3.05) is 0 Å². The maximum atomic E-state index is 12.3. The maximum absolute atomic E-state index is 12.3. The number of hydrogen-bond acceptors (Lipinski definition) is 3. The summed E-state index contributed by atoms with van der Waals surface area (Å²) in [5.41, 5.74) is -1.05. The minimum absolute atomic E-state index is 0.0283. The first-order valence-corrected chi connectivity index (χ1v) is 6.61. The van der Waals surface area contributed by atoms with Crippen LogP contribution in [-0.2, 0) is 9.59 Å². The Hall–Kier alpha value is -1.39. The van der Waals surface area contributed by atoms with E-state index in [9.17, 15) is 14.4 Å². The van der Waals surface area contributed by atoms with Crippen molar-refractivity contribution >= 4 is 17.8 Å². The lowest BCUT2D eigenvalue weighted by Crippen LogP contribution is -2.65. The van der Waals surface area contributed by atoms with Crippen LogP contribution in [0.3, 0.4) is 0 Å². The van der Waals surface area contributed by atoms with E-state index in [-0.39, 0.29) is 11.8 Å². The number of urea groups is 1. The Morgan fingerprint density at radius 3 is 2.22 bits per heavy atom. The summed E-state index contributed by atoms with van der Waals surface area (Å²) in [4.78, 5) is 35.8. The number of carbonyl (C=O) groups excluding carboxylic acids is 3. The fourth-order valence-corrected chi connectivity index (χ4v) is 3.69. The van der Waals surface area contributed by atoms with E-state index in [2.05, 4.69) is 17.6 Å². The number of nitrogens with one attached hydrogen (secondary N) is 2. The van der Waals surface area contributed by atoms with Crippen molar-refractivity contribution in [3.05, 3.63) is 0 Å². The van der Waals surface area contributed by atoms with Crippen LogP contribution >= 0.6 is 0 Å². The number of barbiturate groups is 1. The minimum atomic E-state index is -1.05. The minimum Gasteiger partial charge on any atom is -0.277 e. The van der Waals surface area contributed by atoms with Gasteiger partial charge in [0.25, 0.3) is 0 Å². The Morgan fingerprint density at radius 1 is 1.17 bits per heavy atom. The lowest BCUT2D eigenvalue weighted by molar-refractivity contribution is -0.150. The van der Waals surface area contributed by atoms with Gasteiger partial charge in [0, 0.05) is 0 Å². The predicted molar refractivity (Wildman–Crippen MR) is 65.5 cm³/mol. The Morgan fingerprint density at radius 2 is 1.72 bits per heavy atom. The van der Waals surface area contributed by atoms with Gasteiger partial charge >= 0.3 is 6.03 Å². The molecule has 0 radical (unpaired) electrons. The first-order valence-electron chi connectivity index (χ1n) is 6.61. The van der Waals surface area contributed by atoms with Gasteiger partial charge in [-0.2, -0.15) is 0 Å². The number of carbonyl (C=O) groups is 3. The van der Waals surface area contributed by atoms with Crippen molar-refractivity contribution in [2.45, 2.75) is 40.0 Å². The quantitative estimate of drug-likeness (QED) is 0.730. The predicted octanol–water partition coefficient (Wildman–Crippen LogP) is 1.43. The van der Waals surface area contributed by atoms with Gasteiger partial charge < -0.3 is 0 Å². The summed E-state index contributed by atoms with van der Waals surface area (Å²) in [5, 5.41) is 4.54. The molecule has 2 fully saturated rings. The maximum Gasteiger partial charge on any atom is 0.328 e. The zero-order valence-electron chi connectivity index (χ0n) is 11.1. The summed E-state index contributed by atoms with van der Waals surface area (Å²) >= 11 is 0. The van der Waals surface area contributed by atoms with Gasteiger partial charge in [0.1, 0.15) is 5.41 Å². The Balaban J connectivity index is 2.44. The lowest BCUT2D eigenvalue weighted by Gasteiger charge is -2.38. The van der Waals surface area contributed by atoms with E-state index in [4.69, 9.17) is 0 Å². The number of hydrogen-bond donors (Lipinski definition) is 2. The van der Waals surface area contributed by atoms with Crippen LogP contribution in [0.25, 0.3) is 0 Å². The molecule has 4 amide bonds. The molecule has 18 heavy (non-hydrogen) atoms. The molecule has 1 aliphatic heterocycles. The molecule has 5 nitrogen and oxygen atoms in total. The van der Waals surface area contributed by atoms with Crippen molar-refractivity contribution in [1.29, 1.82) is 0 Å². The summed E-state index contributed by atoms with van der Waals surface area (Å²) in [6, 6.07) is -0.697. The molecule has 5 heteroatoms. The summed E-state index contributed by atoms with van der Waals surface area (Å²) in [5.74, 6) is -0.521. The van der Waals surface area contributed by atoms with E-state index in [0.717, 1.165) is 19.3 Å². The van der Waals surface area contributed by atoms with E-state index in [1.165, 1.54) is 0 Å². The van der Waals surface area contributed by atoms with Gasteiger partial charge in [-0.1, -0.05) is 27.2 Å². The molecule has 2 N–H and O–H groups in total. The standard InChI is InChI=1S/C13H20N2O3/c1-4-5-9-6-7(2)8(3)13(9)10(16)14-12(18)15-11(13)17/h7-9H,4-6H2,1-3H3,(H2,14,15,16,17,18). The van der Waals surface area contributed by atoms with E-state index >= 15 is 0 Å². The van der Waals surface area contributed by atoms with Gasteiger partial charge in [-0.15, -0.1) is 0 Å². The topological polar surface area (TPSA) is 75.3 Å². The van der Waals surface area contributed by atoms with Crippen molar-refractivity contribution in [3.8, 4) is 0 Å². The van der Waals surface area contributed by atoms with E-state index < -0.39 is 23.3 Å². The van der Waals surface area contributed by atoms with Crippen LogP contribution < -0.4 is 10.6 Å². The van der Waals surface area contributed by atoms with Gasteiger partial charge in [0.2, 0.25) is 11.8 Å². The van der Waals surface area contributed by atoms with Crippen LogP contribution in [0.1, 0.15) is 40.0 Å². The summed E-state index contributed by atoms with van der Waals surface area (Å²) in [7, 11) is 0. The Labute approximate surface area is 107 Å². The Bertz CT molecular complexity index is 385. The molecule has 0 aromatic carbocycles. The Kier molecular flexibility index (Phi) is 3.17. The van der Waals surface area contributed by atoms with Crippen LogP contribution in [0.2, 0.25) is 0 Å². The van der Waals surface area contributed by atoms with Gasteiger partial charge in [-0.3, -0.25) is 20.2 Å². The van der Waals surface area contributed by atoms with Crippen molar-refractivity contribution in [3.63, 3.8) is 0 Å². The second-order valence-electron chi connectivity index (χ2n) is 5.59. The van der Waals surface area contributed by atoms with Gasteiger partial charge in [-0.25, -0.2) is 4.79 Å². The highest BCUT2D eigenvalue weighted by Gasteiger charge is 2.63. The third kappa shape index (κ3) is 1.56. The summed E-state index contributed by atoms with van der Waals surface area (Å²) in [6.45, 7) is 6.06. The third-order valence-electron chi connectivity index (χ3n) is 4.71. The molecule has 2 aliphatic rings. The second kappa shape index (κ2) is 4.37. The normalized spacial score (nSPS) is 34.6. The zero-order chi connectivity index (χ0) is 13.5. The summed E-state index contributed by atoms with van der Waals surface area (Å²) in [6.07, 6.45) is 2.63. The van der Waals surface area contributed by atoms with E-state index in [1.807, 2.05) is 13.8 Å². The first kappa shape index (κ1) is 13.1. The molecule has 3 unspecified atom stereocenters. The molecule has 100 valence electrons. The highest BCUT2D eigenvalue weighted by Crippen LogP contribution is 2.53. The van der Waals surface area contributed by atoms with Gasteiger partial charge in [-0.05, 0) is 30.6 Å². The van der Waals surface area contributed by atoms with Crippen LogP contribution in [0.15, 0.2) is 0 Å². The van der Waals surface area contributed by atoms with Gasteiger partial charge in [0.05, 0.1) is 0 Å². The number of amides is 4. The molecule has 0 aromatic rings. The van der Waals surface area contributed by atoms with Crippen molar-refractivity contribution in [1.82, 2.24) is 10.6 Å². The monoisotopic (exact) mass is 252 g/mol. The molecule has 1 saturated heterocycles. The number of rotatable bonds is 2. The molecule has 1 spiro atoms. The molecular weight excluding hydrogens is 232 g/mol. The summed E-state index contributed by atoms with van der Waals surface area (Å²) < 4.78 is 0. The van der Waals surface area contributed by atoms with Crippen LogP contribution in [0.4, 0.5) is 4.79 Å². The molecule has 0 aromatic heterocycles. The second-order valence-corrected chi connectivity index (χ2v) is 5.59. The molecule has 1 saturated carbocycles. The average molecular weight is 252 g/mol. The van der Waals surface area contributed by atoms with Crippen molar-refractivity contribution in [2.24, 2.45) is 23.2 Å². The highest BCUT2D eigenvalue weighted by atomic mass is 16.2. The van der Waals surface area contributed by atoms with Crippen LogP contribution in [0, 0.1) is 23.2 Å². The largest absolute Gasteiger partial charge is 0.328 e. The zero-order valence-corrected chi connectivity index (χ0v) is 11.1. The SMILES string of the molecule is CCCC1CC(C)C(C)C12C(=O)NC(=O)NC2=O. The first-order chi connectivity index (χ1) is 8.44. The molecular formula is C13H20N2O3. The van der Waals surface area contributed by atoms with Crippen LogP contribution in [-0.4, -0.2) is 17.8 Å². The van der Waals surface area contributed by atoms with Crippen LogP contribution in [0.5, 0.6) is 0 Å². The lowest BCUT2D eigenvalue weighted by atomic mass is 9.68. The average Bonchev–Trinajstić information content (AvgIpc) is 2.51. The van der Waals surface area contributed by atoms with E-state index in [1.54, 1.807) is 0 Å². The molecule has 1 aliphatic carbocycles. The van der Waals surface area contributed by atoms with E-state index in [0.29, 0.717) is 5.92 Å². The highest BCUT2D eigenvalue weighted by molar-refractivity contribution is 6.19. The van der Waals surface area contributed by atoms with Gasteiger partial charge in [0.15, 0.2) is 0 Å². The third-order valence-corrected chi connectivity index (χ3v) is 4.71. The fourth-order valence-electron chi connectivity index (χ4n) is 3.69. The molecule has 1 heterocycles. The number of imide groups is 2. The molecule has 2 rings (SSSR count). The fraction of sp³-hybridized carbons (Fsp3) is 0.769. The molecule has 0 bridgehead atoms. The smallest absolute Gasteiger partial charge is 0.277 e.